The van der Waals surface area contributed by atoms with Gasteiger partial charge in [-0.05, 0) is 44.2 Å². The number of nitrogens with one attached hydrogen (secondary N) is 1. The van der Waals surface area contributed by atoms with Gasteiger partial charge in [0.2, 0.25) is 0 Å². The van der Waals surface area contributed by atoms with Crippen molar-refractivity contribution in [3.8, 4) is 5.82 Å². The maximum atomic E-state index is 13.0. The molecule has 7 nitrogen and oxygen atoms in total. The zero-order valence-corrected chi connectivity index (χ0v) is 17.1. The van der Waals surface area contributed by atoms with Gasteiger partial charge in [0.15, 0.2) is 18.1 Å². The number of aryl methyl sites for hydroxylation is 2. The third-order valence-electron chi connectivity index (χ3n) is 4.09. The van der Waals surface area contributed by atoms with Crippen molar-refractivity contribution in [2.75, 3.05) is 11.9 Å². The molecule has 0 bridgehead atoms. The molecule has 1 N–H and O–H groups in total. The number of benzene rings is 1. The second kappa shape index (κ2) is 8.76. The first-order valence-electron chi connectivity index (χ1n) is 8.89. The average Bonchev–Trinajstić information content (AvgIpc) is 3.04. The summed E-state index contributed by atoms with van der Waals surface area (Å²) in [5, 5.41) is 6.33. The zero-order valence-electron chi connectivity index (χ0n) is 16.3. The van der Waals surface area contributed by atoms with E-state index in [1.54, 1.807) is 19.9 Å². The highest BCUT2D eigenvalue weighted by Gasteiger charge is 2.33. The molecule has 11 heteroatoms. The van der Waals surface area contributed by atoms with Crippen LogP contribution in [0.15, 0.2) is 42.5 Å². The lowest BCUT2D eigenvalue weighted by Gasteiger charge is -2.13. The molecule has 0 saturated carbocycles. The Hall–Kier alpha value is -3.40. The van der Waals surface area contributed by atoms with Gasteiger partial charge in [0.1, 0.15) is 0 Å². The molecular weight excluding hydrogens is 437 g/mol. The van der Waals surface area contributed by atoms with Crippen molar-refractivity contribution < 1.29 is 27.5 Å². The van der Waals surface area contributed by atoms with Crippen LogP contribution in [0.4, 0.5) is 18.9 Å². The number of amides is 1. The van der Waals surface area contributed by atoms with E-state index in [-0.39, 0.29) is 10.7 Å². The summed E-state index contributed by atoms with van der Waals surface area (Å²) in [6.45, 7) is 2.77. The molecule has 0 aliphatic heterocycles. The summed E-state index contributed by atoms with van der Waals surface area (Å²) in [4.78, 5) is 28.5. The SMILES string of the molecule is Cc1cc(C)n(-c2ccc(Cl)c(C(=O)OCC(=O)Nc3ccccc3C(F)(F)F)n2)n1. The summed E-state index contributed by atoms with van der Waals surface area (Å²) in [6, 6.07) is 9.26. The Morgan fingerprint density at radius 2 is 1.87 bits per heavy atom. The largest absolute Gasteiger partial charge is 0.451 e. The lowest BCUT2D eigenvalue weighted by Crippen LogP contribution is -2.23. The highest BCUT2D eigenvalue weighted by atomic mass is 35.5. The second-order valence-corrected chi connectivity index (χ2v) is 6.91. The van der Waals surface area contributed by atoms with Crippen molar-refractivity contribution in [1.82, 2.24) is 14.8 Å². The van der Waals surface area contributed by atoms with Gasteiger partial charge in [-0.3, -0.25) is 4.79 Å². The summed E-state index contributed by atoms with van der Waals surface area (Å²) in [5.41, 5.74) is -0.200. The van der Waals surface area contributed by atoms with Crippen molar-refractivity contribution in [3.63, 3.8) is 0 Å². The first kappa shape index (κ1) is 22.3. The normalized spacial score (nSPS) is 11.3. The van der Waals surface area contributed by atoms with Crippen LogP contribution in [0.5, 0.6) is 0 Å². The molecule has 31 heavy (non-hydrogen) atoms. The fourth-order valence-corrected chi connectivity index (χ4v) is 2.96. The van der Waals surface area contributed by atoms with Gasteiger partial charge in [-0.25, -0.2) is 14.5 Å². The molecule has 3 aromatic rings. The number of anilines is 1. The number of alkyl halides is 3. The quantitative estimate of drug-likeness (QED) is 0.581. The topological polar surface area (TPSA) is 86.1 Å². The maximum absolute atomic E-state index is 13.0. The van der Waals surface area contributed by atoms with Gasteiger partial charge in [-0.1, -0.05) is 23.7 Å². The minimum atomic E-state index is -4.65. The van der Waals surface area contributed by atoms with E-state index in [4.69, 9.17) is 16.3 Å². The van der Waals surface area contributed by atoms with Gasteiger partial charge >= 0.3 is 12.1 Å². The van der Waals surface area contributed by atoms with Crippen molar-refractivity contribution in [1.29, 1.82) is 0 Å². The van der Waals surface area contributed by atoms with Crippen molar-refractivity contribution in [2.24, 2.45) is 0 Å². The number of carbonyl (C=O) groups excluding carboxylic acids is 2. The average molecular weight is 453 g/mol. The van der Waals surface area contributed by atoms with Crippen molar-refractivity contribution >= 4 is 29.2 Å². The lowest BCUT2D eigenvalue weighted by atomic mass is 10.1. The standard InChI is InChI=1S/C20H16ClF3N4O3/c1-11-9-12(2)28(27-11)16-8-7-14(21)18(26-16)19(30)31-10-17(29)25-15-6-4-3-5-13(15)20(22,23)24/h3-9H,10H2,1-2H3,(H,25,29). The minimum Gasteiger partial charge on any atom is -0.451 e. The lowest BCUT2D eigenvalue weighted by molar-refractivity contribution is -0.137. The highest BCUT2D eigenvalue weighted by molar-refractivity contribution is 6.33. The number of hydrogen-bond donors (Lipinski definition) is 1. The summed E-state index contributed by atoms with van der Waals surface area (Å²) < 4.78 is 45.4. The van der Waals surface area contributed by atoms with Crippen molar-refractivity contribution in [2.45, 2.75) is 20.0 Å². The number of aromatic nitrogens is 3. The number of pyridine rings is 1. The summed E-state index contributed by atoms with van der Waals surface area (Å²) in [6.07, 6.45) is -4.65. The molecule has 0 aliphatic carbocycles. The monoisotopic (exact) mass is 452 g/mol. The van der Waals surface area contributed by atoms with E-state index >= 15 is 0 Å². The second-order valence-electron chi connectivity index (χ2n) is 6.51. The van der Waals surface area contributed by atoms with Crippen LogP contribution in [0.25, 0.3) is 5.82 Å². The number of ether oxygens (including phenoxy) is 1. The Labute approximate surface area is 179 Å². The number of nitrogens with zero attached hydrogens (tertiary/aromatic N) is 3. The van der Waals surface area contributed by atoms with E-state index in [1.807, 2.05) is 6.07 Å². The van der Waals surface area contributed by atoms with Crippen LogP contribution >= 0.6 is 11.6 Å². The van der Waals surface area contributed by atoms with Gasteiger partial charge in [-0.2, -0.15) is 18.3 Å². The van der Waals surface area contributed by atoms with Crippen molar-refractivity contribution in [3.05, 3.63) is 70.1 Å². The Kier molecular flexibility index (Phi) is 6.30. The number of para-hydroxylation sites is 1. The first-order chi connectivity index (χ1) is 14.6. The molecule has 2 aromatic heterocycles. The highest BCUT2D eigenvalue weighted by Crippen LogP contribution is 2.34. The molecule has 0 atom stereocenters. The molecule has 3 rings (SSSR count). The summed E-state index contributed by atoms with van der Waals surface area (Å²) >= 11 is 6.02. The number of carbonyl (C=O) groups is 2. The fraction of sp³-hybridized carbons (Fsp3) is 0.200. The third-order valence-corrected chi connectivity index (χ3v) is 4.40. The minimum absolute atomic E-state index is 0.0156. The molecule has 2 heterocycles. The van der Waals surface area contributed by atoms with Gasteiger partial charge < -0.3 is 10.1 Å². The van der Waals surface area contributed by atoms with Crippen LogP contribution in [-0.4, -0.2) is 33.2 Å². The van der Waals surface area contributed by atoms with Crippen LogP contribution in [0.3, 0.4) is 0 Å². The molecule has 162 valence electrons. The Balaban J connectivity index is 1.71. The molecular formula is C20H16ClF3N4O3. The molecule has 0 aliphatic rings. The van der Waals surface area contributed by atoms with E-state index in [2.05, 4.69) is 15.4 Å². The molecule has 1 aromatic carbocycles. The maximum Gasteiger partial charge on any atom is 0.418 e. The zero-order chi connectivity index (χ0) is 22.8. The van der Waals surface area contributed by atoms with Crippen LogP contribution < -0.4 is 5.32 Å². The van der Waals surface area contributed by atoms with E-state index in [1.165, 1.54) is 22.9 Å². The van der Waals surface area contributed by atoms with Gasteiger partial charge in [0.05, 0.1) is 22.0 Å². The predicted octanol–water partition coefficient (Wildman–Crippen LogP) is 4.35. The van der Waals surface area contributed by atoms with E-state index in [0.717, 1.165) is 23.5 Å². The number of hydrogen-bond acceptors (Lipinski definition) is 5. The Bertz CT molecular complexity index is 1140. The van der Waals surface area contributed by atoms with Crippen LogP contribution in [0.1, 0.15) is 27.4 Å². The molecule has 0 unspecified atom stereocenters. The number of halogens is 4. The van der Waals surface area contributed by atoms with Crippen LogP contribution in [-0.2, 0) is 15.7 Å². The Morgan fingerprint density at radius 3 is 2.52 bits per heavy atom. The summed E-state index contributed by atoms with van der Waals surface area (Å²) in [7, 11) is 0. The van der Waals surface area contributed by atoms with E-state index in [9.17, 15) is 22.8 Å². The van der Waals surface area contributed by atoms with E-state index in [0.29, 0.717) is 5.82 Å². The number of esters is 1. The van der Waals surface area contributed by atoms with Gasteiger partial charge in [0, 0.05) is 5.69 Å². The molecule has 0 spiro atoms. The smallest absolute Gasteiger partial charge is 0.418 e. The molecule has 0 fully saturated rings. The van der Waals surface area contributed by atoms with Gasteiger partial charge in [0.25, 0.3) is 5.91 Å². The number of rotatable bonds is 5. The molecule has 0 radical (unpaired) electrons. The molecule has 1 amide bonds. The summed E-state index contributed by atoms with van der Waals surface area (Å²) in [5.74, 6) is -1.64. The third kappa shape index (κ3) is 5.21. The van der Waals surface area contributed by atoms with E-state index < -0.39 is 35.9 Å². The fourth-order valence-electron chi connectivity index (χ4n) is 2.78. The van der Waals surface area contributed by atoms with Crippen LogP contribution in [0, 0.1) is 13.8 Å². The van der Waals surface area contributed by atoms with Crippen LogP contribution in [0.2, 0.25) is 5.02 Å². The molecule has 0 saturated heterocycles. The Morgan fingerprint density at radius 1 is 1.16 bits per heavy atom. The van der Waals surface area contributed by atoms with Gasteiger partial charge in [-0.15, -0.1) is 0 Å². The predicted molar refractivity (Wildman–Crippen MR) is 106 cm³/mol. The first-order valence-corrected chi connectivity index (χ1v) is 9.27.